The van der Waals surface area contributed by atoms with Gasteiger partial charge in [-0.1, -0.05) is 32.0 Å². The highest BCUT2D eigenvalue weighted by Crippen LogP contribution is 2.24. The summed E-state index contributed by atoms with van der Waals surface area (Å²) < 4.78 is 3.40. The fraction of sp³-hybridized carbons (Fsp3) is 0.333. The van der Waals surface area contributed by atoms with Crippen LogP contribution in [0.3, 0.4) is 0 Å². The molecule has 0 radical (unpaired) electrons. The predicted molar refractivity (Wildman–Crippen MR) is 114 cm³/mol. The molecule has 3 aromatic rings. The first-order valence-corrected chi connectivity index (χ1v) is 9.59. The van der Waals surface area contributed by atoms with Gasteiger partial charge in [-0.15, -0.1) is 0 Å². The van der Waals surface area contributed by atoms with Gasteiger partial charge in [-0.25, -0.2) is 4.98 Å². The van der Waals surface area contributed by atoms with Gasteiger partial charge in [0.15, 0.2) is 5.82 Å². The van der Waals surface area contributed by atoms with Gasteiger partial charge in [-0.05, 0) is 18.1 Å². The lowest BCUT2D eigenvalue weighted by Gasteiger charge is -2.15. The van der Waals surface area contributed by atoms with Gasteiger partial charge in [0, 0.05) is 49.8 Å². The van der Waals surface area contributed by atoms with E-state index in [9.17, 15) is 4.79 Å². The number of nitrogens with zero attached hydrogens (tertiary/aromatic N) is 6. The Kier molecular flexibility index (Phi) is 6.43. The quantitative estimate of drug-likeness (QED) is 0.596. The topological polar surface area (TPSA) is 102 Å². The molecule has 0 spiro atoms. The van der Waals surface area contributed by atoms with Gasteiger partial charge < -0.3 is 5.41 Å². The van der Waals surface area contributed by atoms with E-state index in [1.165, 1.54) is 12.3 Å². The zero-order valence-electron chi connectivity index (χ0n) is 16.9. The molecule has 0 amide bonds. The second kappa shape index (κ2) is 9.18. The van der Waals surface area contributed by atoms with Crippen molar-refractivity contribution in [3.05, 3.63) is 64.3 Å². The third-order valence-electron chi connectivity index (χ3n) is 4.68. The molecule has 0 aliphatic heterocycles. The molecule has 0 fully saturated rings. The fourth-order valence-electron chi connectivity index (χ4n) is 3.11. The smallest absolute Gasteiger partial charge is 0.203 e. The first-order valence-electron chi connectivity index (χ1n) is 9.59. The van der Waals surface area contributed by atoms with Crippen molar-refractivity contribution in [3.8, 4) is 11.4 Å². The Morgan fingerprint density at radius 1 is 1.28 bits per heavy atom. The highest BCUT2D eigenvalue weighted by molar-refractivity contribution is 5.84. The third kappa shape index (κ3) is 4.53. The maximum atomic E-state index is 12.5. The minimum atomic E-state index is -0.426. The largest absolute Gasteiger partial charge is 0.310 e. The fourth-order valence-corrected chi connectivity index (χ4v) is 3.11. The maximum Gasteiger partial charge on any atom is 0.203 e. The van der Waals surface area contributed by atoms with Crippen LogP contribution >= 0.6 is 0 Å². The molecule has 2 atom stereocenters. The molecule has 0 bridgehead atoms. The van der Waals surface area contributed by atoms with Crippen LogP contribution in [0.5, 0.6) is 0 Å². The standard InChI is InChI=1S/C21H25N7O/c1-4-9-27-14-24-21(26-27)17-7-5-6-16(11-17)15(2)20-19(29)8-10-28(25-20)18(12-22)13-23-3/h5-8,10-15,18,22H,4,9H2,1-3H3. The summed E-state index contributed by atoms with van der Waals surface area (Å²) in [4.78, 5) is 20.9. The van der Waals surface area contributed by atoms with Crippen molar-refractivity contribution >= 4 is 12.4 Å². The van der Waals surface area contributed by atoms with E-state index in [-0.39, 0.29) is 11.3 Å². The zero-order chi connectivity index (χ0) is 20.8. The van der Waals surface area contributed by atoms with Gasteiger partial charge in [0.2, 0.25) is 5.43 Å². The van der Waals surface area contributed by atoms with Crippen LogP contribution in [0.1, 0.15) is 43.5 Å². The summed E-state index contributed by atoms with van der Waals surface area (Å²) in [7, 11) is 1.64. The van der Waals surface area contributed by atoms with E-state index in [2.05, 4.69) is 27.1 Å². The van der Waals surface area contributed by atoms with E-state index < -0.39 is 6.04 Å². The minimum absolute atomic E-state index is 0.137. The molecule has 0 saturated heterocycles. The second-order valence-corrected chi connectivity index (χ2v) is 6.79. The lowest BCUT2D eigenvalue weighted by atomic mass is 9.95. The van der Waals surface area contributed by atoms with Crippen molar-refractivity contribution in [1.29, 1.82) is 5.41 Å². The van der Waals surface area contributed by atoms with E-state index in [1.54, 1.807) is 30.5 Å². The van der Waals surface area contributed by atoms with Crippen LogP contribution in [0.15, 0.2) is 52.6 Å². The number of benzene rings is 1. The predicted octanol–water partition coefficient (Wildman–Crippen LogP) is 2.95. The summed E-state index contributed by atoms with van der Waals surface area (Å²) >= 11 is 0. The van der Waals surface area contributed by atoms with Gasteiger partial charge in [0.25, 0.3) is 0 Å². The number of hydrogen-bond acceptors (Lipinski definition) is 6. The van der Waals surface area contributed by atoms with Crippen molar-refractivity contribution in [3.63, 3.8) is 0 Å². The molecule has 3 rings (SSSR count). The normalized spacial score (nSPS) is 13.5. The van der Waals surface area contributed by atoms with E-state index >= 15 is 0 Å². The first-order chi connectivity index (χ1) is 14.1. The SMILES string of the molecule is CCCn1cnc(-c2cccc(C(C)c3nn(C(C=N)C=NC)ccc3=O)c2)n1. The summed E-state index contributed by atoms with van der Waals surface area (Å²) in [6.45, 7) is 4.87. The van der Waals surface area contributed by atoms with Crippen LogP contribution in [-0.2, 0) is 6.54 Å². The molecule has 2 aromatic heterocycles. The molecule has 1 aromatic carbocycles. The Hall–Kier alpha value is -3.42. The van der Waals surface area contributed by atoms with E-state index in [0.717, 1.165) is 24.1 Å². The van der Waals surface area contributed by atoms with Crippen molar-refractivity contribution in [2.75, 3.05) is 7.05 Å². The number of aromatic nitrogens is 5. The Bertz CT molecular complexity index is 1070. The minimum Gasteiger partial charge on any atom is -0.310 e. The molecule has 29 heavy (non-hydrogen) atoms. The number of nitrogens with one attached hydrogen (secondary N) is 1. The maximum absolute atomic E-state index is 12.5. The van der Waals surface area contributed by atoms with Crippen LogP contribution in [0.2, 0.25) is 0 Å². The molecule has 8 nitrogen and oxygen atoms in total. The summed E-state index contributed by atoms with van der Waals surface area (Å²) in [6, 6.07) is 8.92. The van der Waals surface area contributed by atoms with Crippen molar-refractivity contribution in [1.82, 2.24) is 24.5 Å². The van der Waals surface area contributed by atoms with Crippen LogP contribution in [-0.4, -0.2) is 44.0 Å². The monoisotopic (exact) mass is 391 g/mol. The zero-order valence-corrected chi connectivity index (χ0v) is 16.9. The summed E-state index contributed by atoms with van der Waals surface area (Å²) in [5.74, 6) is 0.437. The highest BCUT2D eigenvalue weighted by Gasteiger charge is 2.17. The molecule has 2 unspecified atom stereocenters. The van der Waals surface area contributed by atoms with Gasteiger partial charge in [0.1, 0.15) is 18.1 Å². The Morgan fingerprint density at radius 3 is 2.83 bits per heavy atom. The van der Waals surface area contributed by atoms with Crippen molar-refractivity contribution in [2.45, 2.75) is 38.8 Å². The number of rotatable bonds is 8. The third-order valence-corrected chi connectivity index (χ3v) is 4.68. The van der Waals surface area contributed by atoms with Gasteiger partial charge in [-0.2, -0.15) is 10.2 Å². The van der Waals surface area contributed by atoms with E-state index in [4.69, 9.17) is 5.41 Å². The van der Waals surface area contributed by atoms with E-state index in [0.29, 0.717) is 11.5 Å². The molecule has 150 valence electrons. The summed E-state index contributed by atoms with van der Waals surface area (Å²) in [5.41, 5.74) is 2.13. The second-order valence-electron chi connectivity index (χ2n) is 6.79. The molecule has 0 aliphatic rings. The molecular formula is C21H25N7O. The van der Waals surface area contributed by atoms with E-state index in [1.807, 2.05) is 35.9 Å². The molecule has 0 saturated carbocycles. The van der Waals surface area contributed by atoms with Crippen LogP contribution < -0.4 is 5.43 Å². The van der Waals surface area contributed by atoms with Crippen molar-refractivity contribution < 1.29 is 0 Å². The van der Waals surface area contributed by atoms with Crippen LogP contribution in [0, 0.1) is 5.41 Å². The number of aryl methyl sites for hydroxylation is 1. The molecule has 2 heterocycles. The van der Waals surface area contributed by atoms with Crippen LogP contribution in [0.4, 0.5) is 0 Å². The molecule has 1 N–H and O–H groups in total. The highest BCUT2D eigenvalue weighted by atomic mass is 16.1. The average molecular weight is 391 g/mol. The Balaban J connectivity index is 1.95. The Morgan fingerprint density at radius 2 is 2.10 bits per heavy atom. The van der Waals surface area contributed by atoms with Crippen LogP contribution in [0.25, 0.3) is 11.4 Å². The first kappa shape index (κ1) is 20.3. The number of aliphatic imine (C=N–C) groups is 1. The molecule has 0 aliphatic carbocycles. The Labute approximate surface area is 169 Å². The molecule has 8 heteroatoms. The lowest BCUT2D eigenvalue weighted by Crippen LogP contribution is -2.23. The van der Waals surface area contributed by atoms with Crippen molar-refractivity contribution in [2.24, 2.45) is 4.99 Å². The average Bonchev–Trinajstić information content (AvgIpc) is 3.21. The molecular weight excluding hydrogens is 366 g/mol. The van der Waals surface area contributed by atoms with Gasteiger partial charge >= 0.3 is 0 Å². The van der Waals surface area contributed by atoms with Gasteiger partial charge in [0.05, 0.1) is 0 Å². The number of hydrogen-bond donors (Lipinski definition) is 1. The van der Waals surface area contributed by atoms with Gasteiger partial charge in [-0.3, -0.25) is 19.2 Å². The summed E-state index contributed by atoms with van der Waals surface area (Å²) in [6.07, 6.45) is 7.15. The summed E-state index contributed by atoms with van der Waals surface area (Å²) in [5, 5.41) is 16.6. The lowest BCUT2D eigenvalue weighted by molar-refractivity contribution is 0.602.